The van der Waals surface area contributed by atoms with E-state index in [4.69, 9.17) is 14.9 Å². The third-order valence-electron chi connectivity index (χ3n) is 3.88. The molecule has 1 aliphatic rings. The average Bonchev–Trinajstić information content (AvgIpc) is 3.05. The number of nitrogens with zero attached hydrogens (tertiary/aromatic N) is 1. The van der Waals surface area contributed by atoms with Gasteiger partial charge in [-0.1, -0.05) is 18.2 Å². The van der Waals surface area contributed by atoms with Crippen molar-refractivity contribution in [3.63, 3.8) is 0 Å². The van der Waals surface area contributed by atoms with Gasteiger partial charge in [0.2, 0.25) is 0 Å². The number of nitrogens with two attached hydrogens (primary N) is 1. The van der Waals surface area contributed by atoms with E-state index in [2.05, 4.69) is 0 Å². The van der Waals surface area contributed by atoms with E-state index in [1.54, 1.807) is 6.07 Å². The molecule has 1 amide bonds. The Morgan fingerprint density at radius 3 is 2.57 bits per heavy atom. The van der Waals surface area contributed by atoms with E-state index in [9.17, 15) is 4.79 Å². The molecule has 0 spiro atoms. The van der Waals surface area contributed by atoms with Gasteiger partial charge >= 0.3 is 0 Å². The minimum Gasteiger partial charge on any atom is -0.490 e. The third kappa shape index (κ3) is 4.27. The summed E-state index contributed by atoms with van der Waals surface area (Å²) in [5.74, 6) is 1.52. The molecule has 1 aromatic heterocycles. The number of furan rings is 1. The van der Waals surface area contributed by atoms with Crippen LogP contribution in [0.4, 0.5) is 0 Å². The fourth-order valence-electron chi connectivity index (χ4n) is 2.65. The molecule has 0 unspecified atom stereocenters. The van der Waals surface area contributed by atoms with Crippen LogP contribution in [0.2, 0.25) is 0 Å². The first-order chi connectivity index (χ1) is 10.8. The first kappa shape index (κ1) is 17.4. The number of carbonyl (C=O) groups excluding carboxylic acids is 1. The Kier molecular flexibility index (Phi) is 6.07. The van der Waals surface area contributed by atoms with Gasteiger partial charge in [0, 0.05) is 25.9 Å². The fourth-order valence-corrected chi connectivity index (χ4v) is 2.65. The van der Waals surface area contributed by atoms with Crippen LogP contribution in [0.25, 0.3) is 0 Å². The molecule has 1 aliphatic heterocycles. The van der Waals surface area contributed by atoms with E-state index < -0.39 is 0 Å². The van der Waals surface area contributed by atoms with Crippen LogP contribution >= 0.6 is 12.4 Å². The van der Waals surface area contributed by atoms with Crippen molar-refractivity contribution in [1.29, 1.82) is 0 Å². The maximum absolute atomic E-state index is 12.4. The Labute approximate surface area is 141 Å². The van der Waals surface area contributed by atoms with Gasteiger partial charge in [-0.05, 0) is 18.2 Å². The molecule has 0 aliphatic carbocycles. The number of amides is 1. The van der Waals surface area contributed by atoms with Crippen molar-refractivity contribution in [2.24, 2.45) is 5.73 Å². The third-order valence-corrected chi connectivity index (χ3v) is 3.88. The Bertz CT molecular complexity index is 622. The molecule has 0 saturated carbocycles. The predicted octanol–water partition coefficient (Wildman–Crippen LogP) is 2.84. The predicted molar refractivity (Wildman–Crippen MR) is 89.8 cm³/mol. The average molecular weight is 337 g/mol. The number of hydrogen-bond donors (Lipinski definition) is 1. The van der Waals surface area contributed by atoms with Crippen molar-refractivity contribution < 1.29 is 13.9 Å². The van der Waals surface area contributed by atoms with Gasteiger partial charge in [-0.25, -0.2) is 0 Å². The second-order valence-corrected chi connectivity index (χ2v) is 5.43. The summed E-state index contributed by atoms with van der Waals surface area (Å²) >= 11 is 0. The van der Waals surface area contributed by atoms with E-state index in [1.165, 1.54) is 6.26 Å². The van der Waals surface area contributed by atoms with Crippen molar-refractivity contribution in [3.05, 3.63) is 54.0 Å². The molecule has 6 heteroatoms. The SMILES string of the molecule is Cl.NCc1cc(C(=O)N2CCC(Oc3ccccc3)CC2)co1. The van der Waals surface area contributed by atoms with E-state index >= 15 is 0 Å². The van der Waals surface area contributed by atoms with Crippen LogP contribution < -0.4 is 10.5 Å². The number of benzene rings is 1. The molecular weight excluding hydrogens is 316 g/mol. The van der Waals surface area contributed by atoms with Crippen molar-refractivity contribution >= 4 is 18.3 Å². The minimum atomic E-state index is 0. The molecule has 0 bridgehead atoms. The van der Waals surface area contributed by atoms with E-state index in [-0.39, 0.29) is 24.4 Å². The van der Waals surface area contributed by atoms with E-state index in [0.717, 1.165) is 18.6 Å². The summed E-state index contributed by atoms with van der Waals surface area (Å²) in [5.41, 5.74) is 6.07. The molecule has 1 fully saturated rings. The largest absolute Gasteiger partial charge is 0.490 e. The number of rotatable bonds is 4. The summed E-state index contributed by atoms with van der Waals surface area (Å²) in [6, 6.07) is 11.5. The quantitative estimate of drug-likeness (QED) is 0.932. The molecule has 0 atom stereocenters. The standard InChI is InChI=1S/C17H20N2O3.ClH/c18-11-16-10-13(12-21-16)17(20)19-8-6-15(7-9-19)22-14-4-2-1-3-5-14;/h1-5,10,12,15H,6-9,11,18H2;1H. The molecule has 0 radical (unpaired) electrons. The Morgan fingerprint density at radius 1 is 1.26 bits per heavy atom. The smallest absolute Gasteiger partial charge is 0.257 e. The van der Waals surface area contributed by atoms with Crippen LogP contribution in [0.15, 0.2) is 47.1 Å². The van der Waals surface area contributed by atoms with Crippen LogP contribution in [-0.2, 0) is 6.54 Å². The molecule has 1 aromatic carbocycles. The van der Waals surface area contributed by atoms with Crippen molar-refractivity contribution in [2.75, 3.05) is 13.1 Å². The van der Waals surface area contributed by atoms with Gasteiger partial charge in [0.15, 0.2) is 0 Å². The maximum atomic E-state index is 12.4. The van der Waals surface area contributed by atoms with Gasteiger partial charge in [0.1, 0.15) is 23.9 Å². The topological polar surface area (TPSA) is 68.7 Å². The number of carbonyl (C=O) groups is 1. The van der Waals surface area contributed by atoms with Gasteiger partial charge in [0.05, 0.1) is 12.1 Å². The molecule has 1 saturated heterocycles. The lowest BCUT2D eigenvalue weighted by atomic mass is 10.1. The summed E-state index contributed by atoms with van der Waals surface area (Å²) in [7, 11) is 0. The second-order valence-electron chi connectivity index (χ2n) is 5.43. The fraction of sp³-hybridized carbons (Fsp3) is 0.353. The molecule has 2 N–H and O–H groups in total. The van der Waals surface area contributed by atoms with Crippen molar-refractivity contribution in [2.45, 2.75) is 25.5 Å². The first-order valence-electron chi connectivity index (χ1n) is 7.54. The molecular formula is C17H21ClN2O3. The number of likely N-dealkylation sites (tertiary alicyclic amines) is 1. The lowest BCUT2D eigenvalue weighted by Crippen LogP contribution is -2.41. The highest BCUT2D eigenvalue weighted by Crippen LogP contribution is 2.20. The van der Waals surface area contributed by atoms with Crippen LogP contribution in [-0.4, -0.2) is 30.0 Å². The van der Waals surface area contributed by atoms with Crippen LogP contribution in [0, 0.1) is 0 Å². The van der Waals surface area contributed by atoms with Crippen LogP contribution in [0.1, 0.15) is 29.0 Å². The first-order valence-corrected chi connectivity index (χ1v) is 7.54. The number of halogens is 1. The van der Waals surface area contributed by atoms with Gasteiger partial charge < -0.3 is 19.8 Å². The van der Waals surface area contributed by atoms with Crippen molar-refractivity contribution in [3.8, 4) is 5.75 Å². The zero-order valence-electron chi connectivity index (χ0n) is 12.8. The lowest BCUT2D eigenvalue weighted by molar-refractivity contribution is 0.0595. The zero-order valence-corrected chi connectivity index (χ0v) is 13.6. The molecule has 23 heavy (non-hydrogen) atoms. The molecule has 2 heterocycles. The van der Waals surface area contributed by atoms with E-state index in [0.29, 0.717) is 31.0 Å². The lowest BCUT2D eigenvalue weighted by Gasteiger charge is -2.32. The Balaban J connectivity index is 0.00000192. The Hall–Kier alpha value is -1.98. The van der Waals surface area contributed by atoms with Gasteiger partial charge in [-0.3, -0.25) is 4.79 Å². The number of para-hydroxylation sites is 1. The monoisotopic (exact) mass is 336 g/mol. The van der Waals surface area contributed by atoms with E-state index in [1.807, 2.05) is 35.2 Å². The number of piperidine rings is 1. The molecule has 5 nitrogen and oxygen atoms in total. The Morgan fingerprint density at radius 2 is 1.96 bits per heavy atom. The molecule has 3 rings (SSSR count). The van der Waals surface area contributed by atoms with Gasteiger partial charge in [-0.15, -0.1) is 12.4 Å². The van der Waals surface area contributed by atoms with Gasteiger partial charge in [0.25, 0.3) is 5.91 Å². The number of hydrogen-bond acceptors (Lipinski definition) is 4. The van der Waals surface area contributed by atoms with Crippen LogP contribution in [0.5, 0.6) is 5.75 Å². The molecule has 124 valence electrons. The van der Waals surface area contributed by atoms with Crippen LogP contribution in [0.3, 0.4) is 0 Å². The highest BCUT2D eigenvalue weighted by molar-refractivity contribution is 5.94. The second kappa shape index (κ2) is 8.04. The summed E-state index contributed by atoms with van der Waals surface area (Å²) in [6.07, 6.45) is 3.32. The summed E-state index contributed by atoms with van der Waals surface area (Å²) in [5, 5.41) is 0. The highest BCUT2D eigenvalue weighted by atomic mass is 35.5. The summed E-state index contributed by atoms with van der Waals surface area (Å²) < 4.78 is 11.2. The highest BCUT2D eigenvalue weighted by Gasteiger charge is 2.25. The maximum Gasteiger partial charge on any atom is 0.257 e. The number of ether oxygens (including phenoxy) is 1. The zero-order chi connectivity index (χ0) is 15.4. The molecule has 2 aromatic rings. The van der Waals surface area contributed by atoms with Gasteiger partial charge in [-0.2, -0.15) is 0 Å². The summed E-state index contributed by atoms with van der Waals surface area (Å²) in [4.78, 5) is 14.2. The van der Waals surface area contributed by atoms with Crippen molar-refractivity contribution in [1.82, 2.24) is 4.90 Å². The summed E-state index contributed by atoms with van der Waals surface area (Å²) in [6.45, 7) is 1.69. The minimum absolute atomic E-state index is 0. The normalized spacial score (nSPS) is 15.1.